The van der Waals surface area contributed by atoms with Gasteiger partial charge < -0.3 is 14.2 Å². The van der Waals surface area contributed by atoms with E-state index in [1.807, 2.05) is 0 Å². The van der Waals surface area contributed by atoms with Crippen molar-refractivity contribution in [3.05, 3.63) is 103 Å². The Balaban J connectivity index is 1.66. The van der Waals surface area contributed by atoms with Gasteiger partial charge in [-0.15, -0.1) is 0 Å². The quantitative estimate of drug-likeness (QED) is 0.113. The van der Waals surface area contributed by atoms with Crippen LogP contribution in [-0.2, 0) is 9.53 Å². The molecule has 11 heteroatoms. The summed E-state index contributed by atoms with van der Waals surface area (Å²) >= 11 is 9.49. The molecule has 0 amide bonds. The van der Waals surface area contributed by atoms with Gasteiger partial charge in [-0.2, -0.15) is 0 Å². The SMILES string of the molecule is CCOc1cc(/C=C2\N=C(c3cccc([N+](=O)[O-])c3)OC2=O)cc(Br)c1OC(=O)c1ccccc1Cl. The first kappa shape index (κ1) is 25.1. The van der Waals surface area contributed by atoms with E-state index >= 15 is 0 Å². The Bertz CT molecular complexity index is 1450. The van der Waals surface area contributed by atoms with Crippen molar-refractivity contribution >= 4 is 57.1 Å². The van der Waals surface area contributed by atoms with Gasteiger partial charge in [0, 0.05) is 17.7 Å². The summed E-state index contributed by atoms with van der Waals surface area (Å²) in [5, 5.41) is 11.3. The number of hydrogen-bond acceptors (Lipinski definition) is 8. The number of nitrogens with zero attached hydrogens (tertiary/aromatic N) is 2. The van der Waals surface area contributed by atoms with Crippen molar-refractivity contribution < 1.29 is 28.7 Å². The molecule has 3 aromatic carbocycles. The second-order valence-electron chi connectivity index (χ2n) is 7.28. The maximum atomic E-state index is 12.7. The summed E-state index contributed by atoms with van der Waals surface area (Å²) in [5.41, 5.74) is 0.803. The van der Waals surface area contributed by atoms with Gasteiger partial charge in [0.15, 0.2) is 17.2 Å². The molecule has 0 aliphatic carbocycles. The second-order valence-corrected chi connectivity index (χ2v) is 8.54. The number of cyclic esters (lactones) is 1. The fourth-order valence-electron chi connectivity index (χ4n) is 3.25. The van der Waals surface area contributed by atoms with Crippen LogP contribution in [0.1, 0.15) is 28.4 Å². The number of esters is 2. The molecule has 1 aliphatic rings. The summed E-state index contributed by atoms with van der Waals surface area (Å²) < 4.78 is 16.8. The van der Waals surface area contributed by atoms with Crippen molar-refractivity contribution in [1.29, 1.82) is 0 Å². The van der Waals surface area contributed by atoms with Gasteiger partial charge in [-0.1, -0.05) is 29.8 Å². The normalized spacial score (nSPS) is 13.8. The predicted octanol–water partition coefficient (Wildman–Crippen LogP) is 5.97. The van der Waals surface area contributed by atoms with Gasteiger partial charge in [0.1, 0.15) is 0 Å². The summed E-state index contributed by atoms with van der Waals surface area (Å²) in [6.07, 6.45) is 1.46. The van der Waals surface area contributed by atoms with Crippen molar-refractivity contribution in [2.24, 2.45) is 4.99 Å². The summed E-state index contributed by atoms with van der Waals surface area (Å²) in [5.74, 6) is -1.06. The number of benzene rings is 3. The molecular weight excluding hydrogens is 556 g/mol. The molecule has 0 saturated carbocycles. The smallest absolute Gasteiger partial charge is 0.363 e. The van der Waals surface area contributed by atoms with Crippen molar-refractivity contribution in [2.75, 3.05) is 6.61 Å². The van der Waals surface area contributed by atoms with Crippen LogP contribution in [0.25, 0.3) is 6.08 Å². The molecule has 4 rings (SSSR count). The highest BCUT2D eigenvalue weighted by Gasteiger charge is 2.26. The standard InChI is InChI=1S/C25H16BrClN2O7/c1-2-34-21-12-14(10-18(26)22(21)35-24(30)17-8-3-4-9-19(17)27)11-20-25(31)36-23(28-20)15-6-5-7-16(13-15)29(32)33/h3-13H,2H2,1H3/b20-11-. The Hall–Kier alpha value is -4.02. The third-order valence-electron chi connectivity index (χ3n) is 4.85. The van der Waals surface area contributed by atoms with Crippen LogP contribution in [0.15, 0.2) is 75.8 Å². The highest BCUT2D eigenvalue weighted by atomic mass is 79.9. The van der Waals surface area contributed by atoms with Gasteiger partial charge in [0.2, 0.25) is 5.90 Å². The number of nitro benzene ring substituents is 1. The van der Waals surface area contributed by atoms with Gasteiger partial charge in [-0.05, 0) is 64.8 Å². The Kier molecular flexibility index (Phi) is 7.47. The average molecular weight is 572 g/mol. The third-order valence-corrected chi connectivity index (χ3v) is 5.77. The van der Waals surface area contributed by atoms with Gasteiger partial charge in [0.25, 0.3) is 5.69 Å². The summed E-state index contributed by atoms with van der Waals surface area (Å²) in [7, 11) is 0. The molecule has 9 nitrogen and oxygen atoms in total. The van der Waals surface area contributed by atoms with Crippen LogP contribution < -0.4 is 9.47 Å². The molecule has 1 aliphatic heterocycles. The molecule has 1 heterocycles. The maximum Gasteiger partial charge on any atom is 0.363 e. The molecule has 0 atom stereocenters. The summed E-state index contributed by atoms with van der Waals surface area (Å²) in [4.78, 5) is 39.8. The molecule has 0 aromatic heterocycles. The highest BCUT2D eigenvalue weighted by molar-refractivity contribution is 9.10. The molecule has 0 unspecified atom stereocenters. The first-order valence-electron chi connectivity index (χ1n) is 10.5. The van der Waals surface area contributed by atoms with Gasteiger partial charge in [-0.25, -0.2) is 14.6 Å². The molecule has 0 radical (unpaired) electrons. The van der Waals surface area contributed by atoms with E-state index in [1.54, 1.807) is 49.4 Å². The molecule has 0 fully saturated rings. The minimum atomic E-state index is -0.722. The lowest BCUT2D eigenvalue weighted by molar-refractivity contribution is -0.384. The average Bonchev–Trinajstić information content (AvgIpc) is 3.21. The number of aliphatic imine (C=N–C) groups is 1. The highest BCUT2D eigenvalue weighted by Crippen LogP contribution is 2.38. The van der Waals surface area contributed by atoms with Crippen LogP contribution in [0.2, 0.25) is 5.02 Å². The largest absolute Gasteiger partial charge is 0.490 e. The molecule has 3 aromatic rings. The van der Waals surface area contributed by atoms with Crippen LogP contribution in [0.3, 0.4) is 0 Å². The van der Waals surface area contributed by atoms with E-state index in [-0.39, 0.29) is 46.0 Å². The first-order chi connectivity index (χ1) is 17.3. The summed E-state index contributed by atoms with van der Waals surface area (Å²) in [6, 6.07) is 15.3. The number of carbonyl (C=O) groups is 2. The maximum absolute atomic E-state index is 12.7. The van der Waals surface area contributed by atoms with Crippen molar-refractivity contribution in [3.63, 3.8) is 0 Å². The number of carbonyl (C=O) groups excluding carboxylic acids is 2. The number of ether oxygens (including phenoxy) is 3. The van der Waals surface area contributed by atoms with Crippen LogP contribution in [-0.4, -0.2) is 29.4 Å². The van der Waals surface area contributed by atoms with Crippen LogP contribution in [0.4, 0.5) is 5.69 Å². The summed E-state index contributed by atoms with van der Waals surface area (Å²) in [6.45, 7) is 2.04. The van der Waals surface area contributed by atoms with E-state index in [0.29, 0.717) is 15.6 Å². The molecular formula is C25H16BrClN2O7. The van der Waals surface area contributed by atoms with E-state index in [4.69, 9.17) is 25.8 Å². The minimum Gasteiger partial charge on any atom is -0.490 e. The number of rotatable bonds is 7. The molecule has 36 heavy (non-hydrogen) atoms. The third kappa shape index (κ3) is 5.45. The van der Waals surface area contributed by atoms with Crippen LogP contribution in [0, 0.1) is 10.1 Å². The lowest BCUT2D eigenvalue weighted by Crippen LogP contribution is -2.11. The van der Waals surface area contributed by atoms with Gasteiger partial charge >= 0.3 is 11.9 Å². The lowest BCUT2D eigenvalue weighted by atomic mass is 10.1. The zero-order chi connectivity index (χ0) is 25.8. The number of non-ortho nitro benzene ring substituents is 1. The minimum absolute atomic E-state index is 0.0216. The van der Waals surface area contributed by atoms with Crippen LogP contribution in [0.5, 0.6) is 11.5 Å². The molecule has 0 saturated heterocycles. The first-order valence-corrected chi connectivity index (χ1v) is 11.6. The Morgan fingerprint density at radius 3 is 2.69 bits per heavy atom. The Morgan fingerprint density at radius 1 is 1.19 bits per heavy atom. The van der Waals surface area contributed by atoms with E-state index < -0.39 is 16.9 Å². The van der Waals surface area contributed by atoms with E-state index in [9.17, 15) is 19.7 Å². The van der Waals surface area contributed by atoms with Gasteiger partial charge in [0.05, 0.1) is 26.6 Å². The number of hydrogen-bond donors (Lipinski definition) is 0. The van der Waals surface area contributed by atoms with E-state index in [2.05, 4.69) is 20.9 Å². The van der Waals surface area contributed by atoms with Crippen LogP contribution >= 0.6 is 27.5 Å². The van der Waals surface area contributed by atoms with Crippen molar-refractivity contribution in [1.82, 2.24) is 0 Å². The molecule has 182 valence electrons. The zero-order valence-corrected chi connectivity index (χ0v) is 20.9. The van der Waals surface area contributed by atoms with Gasteiger partial charge in [-0.3, -0.25) is 10.1 Å². The molecule has 0 N–H and O–H groups in total. The topological polar surface area (TPSA) is 117 Å². The monoisotopic (exact) mass is 570 g/mol. The van der Waals surface area contributed by atoms with Crippen molar-refractivity contribution in [3.8, 4) is 11.5 Å². The zero-order valence-electron chi connectivity index (χ0n) is 18.6. The molecule has 0 bridgehead atoms. The Morgan fingerprint density at radius 2 is 1.97 bits per heavy atom. The van der Waals surface area contributed by atoms with E-state index in [1.165, 1.54) is 24.3 Å². The fourth-order valence-corrected chi connectivity index (χ4v) is 4.00. The number of halogens is 2. The predicted molar refractivity (Wildman–Crippen MR) is 135 cm³/mol. The van der Waals surface area contributed by atoms with E-state index in [0.717, 1.165) is 0 Å². The molecule has 0 spiro atoms. The fraction of sp³-hybridized carbons (Fsp3) is 0.0800. The second kappa shape index (κ2) is 10.7. The van der Waals surface area contributed by atoms with Crippen molar-refractivity contribution in [2.45, 2.75) is 6.92 Å². The lowest BCUT2D eigenvalue weighted by Gasteiger charge is -2.14. The Labute approximate surface area is 218 Å². The number of nitro groups is 1.